The minimum Gasteiger partial charge on any atom is -0.309 e. The van der Waals surface area contributed by atoms with E-state index in [1.807, 2.05) is 25.4 Å². The molecule has 2 heterocycles. The molecule has 2 aromatic heterocycles. The molecule has 0 fully saturated rings. The van der Waals surface area contributed by atoms with E-state index >= 15 is 0 Å². The van der Waals surface area contributed by atoms with Crippen LogP contribution in [0.1, 0.15) is 28.3 Å². The smallest absolute Gasteiger partial charge is 0.247 e. The summed E-state index contributed by atoms with van der Waals surface area (Å²) in [4.78, 5) is 17.6. The van der Waals surface area contributed by atoms with Crippen molar-refractivity contribution in [1.82, 2.24) is 20.1 Å². The van der Waals surface area contributed by atoms with Crippen LogP contribution >= 0.6 is 0 Å². The van der Waals surface area contributed by atoms with Crippen molar-refractivity contribution in [3.63, 3.8) is 0 Å². The Kier molecular flexibility index (Phi) is 7.11. The number of aromatic nitrogens is 3. The number of nitrogens with zero attached hydrogens (tertiary/aromatic N) is 4. The van der Waals surface area contributed by atoms with Crippen LogP contribution in [0.2, 0.25) is 0 Å². The number of hydrogen-bond donors (Lipinski definition) is 2. The molecule has 0 saturated heterocycles. The fourth-order valence-corrected chi connectivity index (χ4v) is 3.67. The van der Waals surface area contributed by atoms with Gasteiger partial charge in [0.1, 0.15) is 11.9 Å². The molecule has 4 rings (SSSR count). The fraction of sp³-hybridized carbons (Fsp3) is 0.185. The molecule has 0 saturated carbocycles. The number of benzene rings is 2. The van der Waals surface area contributed by atoms with Gasteiger partial charge < -0.3 is 10.6 Å². The molecule has 7 nitrogen and oxygen atoms in total. The Bertz CT molecular complexity index is 1300. The topological polar surface area (TPSA) is 95.6 Å². The molecule has 0 spiro atoms. The molecule has 0 aliphatic carbocycles. The van der Waals surface area contributed by atoms with Crippen molar-refractivity contribution in [2.24, 2.45) is 7.05 Å². The van der Waals surface area contributed by atoms with Crippen LogP contribution in [-0.4, -0.2) is 27.2 Å². The second kappa shape index (κ2) is 10.6. The normalized spacial score (nSPS) is 11.6. The molecular formula is C27H26N6O. The Balaban J connectivity index is 1.48. The maximum Gasteiger partial charge on any atom is 0.247 e. The predicted molar refractivity (Wildman–Crippen MR) is 132 cm³/mol. The van der Waals surface area contributed by atoms with Crippen LogP contribution < -0.4 is 10.6 Å². The largest absolute Gasteiger partial charge is 0.309 e. The second-order valence-corrected chi connectivity index (χ2v) is 8.18. The first kappa shape index (κ1) is 22.9. The van der Waals surface area contributed by atoms with E-state index in [-0.39, 0.29) is 5.91 Å². The number of rotatable bonds is 8. The molecule has 0 aliphatic heterocycles. The lowest BCUT2D eigenvalue weighted by atomic mass is 10.0. The summed E-state index contributed by atoms with van der Waals surface area (Å²) in [5.74, 6) is 0.222. The Morgan fingerprint density at radius 3 is 2.59 bits per heavy atom. The number of nitriles is 1. The number of pyridine rings is 1. The summed E-state index contributed by atoms with van der Waals surface area (Å²) in [5.41, 5.74) is 5.51. The summed E-state index contributed by atoms with van der Waals surface area (Å²) < 4.78 is 1.73. The minimum absolute atomic E-state index is 0.236. The number of anilines is 1. The molecule has 1 amide bonds. The molecule has 0 radical (unpaired) electrons. The Morgan fingerprint density at radius 2 is 1.91 bits per heavy atom. The van der Waals surface area contributed by atoms with Gasteiger partial charge in [-0.15, -0.1) is 0 Å². The summed E-state index contributed by atoms with van der Waals surface area (Å²) in [6.07, 6.45) is 6.17. The van der Waals surface area contributed by atoms with E-state index in [1.54, 1.807) is 41.3 Å². The maximum atomic E-state index is 13.2. The number of hydrogen-bond acceptors (Lipinski definition) is 5. The minimum atomic E-state index is -0.626. The highest BCUT2D eigenvalue weighted by Crippen LogP contribution is 2.21. The molecule has 2 N–H and O–H groups in total. The van der Waals surface area contributed by atoms with Gasteiger partial charge in [0.2, 0.25) is 5.91 Å². The fourth-order valence-electron chi connectivity index (χ4n) is 3.67. The van der Waals surface area contributed by atoms with Gasteiger partial charge in [0.25, 0.3) is 0 Å². The number of amides is 1. The zero-order valence-electron chi connectivity index (χ0n) is 19.2. The van der Waals surface area contributed by atoms with Crippen LogP contribution in [0.25, 0.3) is 11.1 Å². The quantitative estimate of drug-likeness (QED) is 0.420. The third-order valence-electron chi connectivity index (χ3n) is 5.55. The molecule has 0 aliphatic rings. The van der Waals surface area contributed by atoms with Gasteiger partial charge in [0, 0.05) is 37.1 Å². The van der Waals surface area contributed by atoms with Crippen LogP contribution in [0.5, 0.6) is 0 Å². The van der Waals surface area contributed by atoms with E-state index in [1.165, 1.54) is 11.1 Å². The van der Waals surface area contributed by atoms with E-state index < -0.39 is 6.04 Å². The molecule has 2 aromatic carbocycles. The van der Waals surface area contributed by atoms with Gasteiger partial charge in [-0.2, -0.15) is 10.4 Å². The average Bonchev–Trinajstić information content (AvgIpc) is 3.29. The van der Waals surface area contributed by atoms with Gasteiger partial charge in [-0.1, -0.05) is 42.0 Å². The van der Waals surface area contributed by atoms with E-state index in [0.29, 0.717) is 17.9 Å². The highest BCUT2D eigenvalue weighted by Gasteiger charge is 2.21. The van der Waals surface area contributed by atoms with Crippen LogP contribution in [0.3, 0.4) is 0 Å². The summed E-state index contributed by atoms with van der Waals surface area (Å²) in [5, 5.41) is 19.7. The van der Waals surface area contributed by atoms with Crippen molar-refractivity contribution in [2.45, 2.75) is 19.4 Å². The number of nitrogens with one attached hydrogen (secondary N) is 2. The van der Waals surface area contributed by atoms with Gasteiger partial charge >= 0.3 is 0 Å². The van der Waals surface area contributed by atoms with E-state index in [0.717, 1.165) is 23.1 Å². The van der Waals surface area contributed by atoms with Crippen molar-refractivity contribution >= 4 is 11.7 Å². The van der Waals surface area contributed by atoms with Crippen LogP contribution in [0, 0.1) is 18.3 Å². The number of carbonyl (C=O) groups is 1. The summed E-state index contributed by atoms with van der Waals surface area (Å²) in [6.45, 7) is 2.66. The number of aryl methyl sites for hydroxylation is 2. The molecule has 34 heavy (non-hydrogen) atoms. The Labute approximate surface area is 199 Å². The average molecular weight is 451 g/mol. The molecule has 4 aromatic rings. The van der Waals surface area contributed by atoms with Crippen LogP contribution in [-0.2, 0) is 18.3 Å². The lowest BCUT2D eigenvalue weighted by Gasteiger charge is -2.19. The summed E-state index contributed by atoms with van der Waals surface area (Å²) >= 11 is 0. The van der Waals surface area contributed by atoms with Crippen molar-refractivity contribution in [1.29, 1.82) is 5.26 Å². The maximum absolute atomic E-state index is 13.2. The second-order valence-electron chi connectivity index (χ2n) is 8.18. The zero-order chi connectivity index (χ0) is 23.9. The highest BCUT2D eigenvalue weighted by atomic mass is 16.2. The standard InChI is InChI=1S/C27H26N6O/c1-19-6-8-20(9-7-19)12-13-29-26(22-5-3-4-21(14-22)15-28)27(34)32-25-11-10-23(16-30-25)24-17-31-33(2)18-24/h3-11,14,16-18,26,29H,12-13H2,1-2H3,(H,30,32,34)/t26-/m0/s1. The van der Waals surface area contributed by atoms with Crippen molar-refractivity contribution in [2.75, 3.05) is 11.9 Å². The van der Waals surface area contributed by atoms with Gasteiger partial charge in [-0.05, 0) is 48.7 Å². The summed E-state index contributed by atoms with van der Waals surface area (Å²) in [7, 11) is 1.86. The van der Waals surface area contributed by atoms with Crippen LogP contribution in [0.15, 0.2) is 79.3 Å². The third kappa shape index (κ3) is 5.74. The number of carbonyl (C=O) groups excluding carboxylic acids is 1. The monoisotopic (exact) mass is 450 g/mol. The molecule has 7 heteroatoms. The molecule has 1 atom stereocenters. The first-order valence-electron chi connectivity index (χ1n) is 11.1. The van der Waals surface area contributed by atoms with Gasteiger partial charge in [-0.25, -0.2) is 4.98 Å². The van der Waals surface area contributed by atoms with E-state index in [9.17, 15) is 10.1 Å². The lowest BCUT2D eigenvalue weighted by Crippen LogP contribution is -2.34. The van der Waals surface area contributed by atoms with Gasteiger partial charge in [-0.3, -0.25) is 9.48 Å². The highest BCUT2D eigenvalue weighted by molar-refractivity contribution is 5.95. The zero-order valence-corrected chi connectivity index (χ0v) is 19.2. The van der Waals surface area contributed by atoms with Crippen molar-refractivity contribution < 1.29 is 4.79 Å². The molecule has 170 valence electrons. The van der Waals surface area contributed by atoms with Crippen LogP contribution in [0.4, 0.5) is 5.82 Å². The van der Waals surface area contributed by atoms with Crippen molar-refractivity contribution in [3.8, 4) is 17.2 Å². The Morgan fingerprint density at radius 1 is 1.09 bits per heavy atom. The van der Waals surface area contributed by atoms with Gasteiger partial charge in [0.15, 0.2) is 0 Å². The van der Waals surface area contributed by atoms with Gasteiger partial charge in [0.05, 0.1) is 17.8 Å². The molecular weight excluding hydrogens is 424 g/mol. The SMILES string of the molecule is Cc1ccc(CCN[C@H](C(=O)Nc2ccc(-c3cnn(C)c3)cn2)c2cccc(C#N)c2)cc1. The molecule has 0 bridgehead atoms. The Hall–Kier alpha value is -4.28. The third-order valence-corrected chi connectivity index (χ3v) is 5.55. The van der Waals surface area contributed by atoms with E-state index in [2.05, 4.69) is 58.0 Å². The van der Waals surface area contributed by atoms with E-state index in [4.69, 9.17) is 0 Å². The molecule has 0 unspecified atom stereocenters. The first-order valence-corrected chi connectivity index (χ1v) is 11.1. The predicted octanol–water partition coefficient (Wildman–Crippen LogP) is 4.17. The summed E-state index contributed by atoms with van der Waals surface area (Å²) in [6, 6.07) is 20.6. The van der Waals surface area contributed by atoms with Crippen molar-refractivity contribution in [3.05, 3.63) is 102 Å². The first-order chi connectivity index (χ1) is 16.5. The lowest BCUT2D eigenvalue weighted by molar-refractivity contribution is -0.118.